The molecule has 0 spiro atoms. The number of benzene rings is 1. The number of hydrogen-bond acceptors (Lipinski definition) is 4. The molecule has 1 atom stereocenters. The number of hydrogen-bond donors (Lipinski definition) is 1. The summed E-state index contributed by atoms with van der Waals surface area (Å²) < 4.78 is 10.2. The van der Waals surface area contributed by atoms with Gasteiger partial charge in [-0.25, -0.2) is 0 Å². The Labute approximate surface area is 120 Å². The van der Waals surface area contributed by atoms with Crippen molar-refractivity contribution >= 4 is 5.97 Å². The zero-order valence-electron chi connectivity index (χ0n) is 12.9. The molecule has 1 rings (SSSR count). The number of carbonyl (C=O) groups excluding carboxylic acids is 1. The first-order valence-corrected chi connectivity index (χ1v) is 6.87. The third-order valence-corrected chi connectivity index (χ3v) is 3.90. The van der Waals surface area contributed by atoms with E-state index in [-0.39, 0.29) is 0 Å². The molecule has 0 saturated heterocycles. The van der Waals surface area contributed by atoms with Gasteiger partial charge >= 0.3 is 5.97 Å². The quantitative estimate of drug-likeness (QED) is 0.814. The minimum Gasteiger partial charge on any atom is -0.497 e. The van der Waals surface area contributed by atoms with E-state index in [4.69, 9.17) is 9.47 Å². The van der Waals surface area contributed by atoms with Gasteiger partial charge in [-0.05, 0) is 44.9 Å². The van der Waals surface area contributed by atoms with Crippen LogP contribution in [-0.2, 0) is 15.1 Å². The molecule has 0 saturated carbocycles. The third-order valence-electron chi connectivity index (χ3n) is 3.90. The highest BCUT2D eigenvalue weighted by Gasteiger charge is 2.49. The molecule has 0 aliphatic heterocycles. The fraction of sp³-hybridized carbons (Fsp3) is 0.562. The molecule has 0 bridgehead atoms. The second-order valence-corrected chi connectivity index (χ2v) is 5.29. The van der Waals surface area contributed by atoms with Crippen molar-refractivity contribution in [2.75, 3.05) is 13.7 Å². The number of ether oxygens (including phenoxy) is 2. The summed E-state index contributed by atoms with van der Waals surface area (Å²) >= 11 is 0. The van der Waals surface area contributed by atoms with Crippen molar-refractivity contribution in [3.63, 3.8) is 0 Å². The lowest BCUT2D eigenvalue weighted by molar-refractivity contribution is -0.173. The highest BCUT2D eigenvalue weighted by molar-refractivity contribution is 5.78. The largest absolute Gasteiger partial charge is 0.497 e. The van der Waals surface area contributed by atoms with Crippen LogP contribution in [0.15, 0.2) is 24.3 Å². The molecule has 4 nitrogen and oxygen atoms in total. The summed E-state index contributed by atoms with van der Waals surface area (Å²) in [7, 11) is 1.59. The van der Waals surface area contributed by atoms with Crippen LogP contribution in [0.4, 0.5) is 0 Å². The van der Waals surface area contributed by atoms with E-state index in [2.05, 4.69) is 0 Å². The first-order chi connectivity index (χ1) is 9.33. The summed E-state index contributed by atoms with van der Waals surface area (Å²) in [6.07, 6.45) is 0.408. The molecule has 0 radical (unpaired) electrons. The van der Waals surface area contributed by atoms with Gasteiger partial charge in [0.1, 0.15) is 11.4 Å². The van der Waals surface area contributed by atoms with Gasteiger partial charge in [0.25, 0.3) is 0 Å². The Morgan fingerprint density at radius 2 is 1.75 bits per heavy atom. The monoisotopic (exact) mass is 280 g/mol. The van der Waals surface area contributed by atoms with Crippen molar-refractivity contribution in [1.82, 2.24) is 0 Å². The molecule has 112 valence electrons. The Morgan fingerprint density at radius 1 is 1.20 bits per heavy atom. The van der Waals surface area contributed by atoms with Gasteiger partial charge in [-0.15, -0.1) is 0 Å². The number of carbonyl (C=O) groups is 1. The van der Waals surface area contributed by atoms with Crippen molar-refractivity contribution in [3.05, 3.63) is 29.8 Å². The van der Waals surface area contributed by atoms with Crippen LogP contribution in [0, 0.1) is 5.41 Å². The maximum absolute atomic E-state index is 12.2. The van der Waals surface area contributed by atoms with E-state index in [9.17, 15) is 9.90 Å². The van der Waals surface area contributed by atoms with Crippen LogP contribution in [0.3, 0.4) is 0 Å². The predicted molar refractivity (Wildman–Crippen MR) is 77.6 cm³/mol. The maximum atomic E-state index is 12.2. The fourth-order valence-corrected chi connectivity index (χ4v) is 2.35. The first kappa shape index (κ1) is 16.5. The highest BCUT2D eigenvalue weighted by atomic mass is 16.5. The zero-order valence-corrected chi connectivity index (χ0v) is 12.9. The molecule has 1 N–H and O–H groups in total. The van der Waals surface area contributed by atoms with Gasteiger partial charge in [0.05, 0.1) is 19.1 Å². The average Bonchev–Trinajstić information content (AvgIpc) is 2.46. The maximum Gasteiger partial charge on any atom is 0.314 e. The predicted octanol–water partition coefficient (Wildman–Crippen LogP) is 2.88. The molecule has 0 amide bonds. The Morgan fingerprint density at radius 3 is 2.15 bits per heavy atom. The number of esters is 1. The van der Waals surface area contributed by atoms with Crippen molar-refractivity contribution in [2.24, 2.45) is 5.41 Å². The number of rotatable bonds is 6. The molecular formula is C16H24O4. The number of methoxy groups -OCH3 is 1. The summed E-state index contributed by atoms with van der Waals surface area (Å²) in [6.45, 7) is 7.32. The lowest BCUT2D eigenvalue weighted by atomic mass is 9.69. The van der Waals surface area contributed by atoms with Crippen molar-refractivity contribution in [1.29, 1.82) is 0 Å². The summed E-state index contributed by atoms with van der Waals surface area (Å²) in [6, 6.07) is 7.11. The van der Waals surface area contributed by atoms with Crippen LogP contribution in [0.2, 0.25) is 0 Å². The second-order valence-electron chi connectivity index (χ2n) is 5.29. The van der Waals surface area contributed by atoms with Gasteiger partial charge in [0.15, 0.2) is 0 Å². The summed E-state index contributed by atoms with van der Waals surface area (Å²) in [5, 5.41) is 11.0. The van der Waals surface area contributed by atoms with Crippen LogP contribution in [0.25, 0.3) is 0 Å². The van der Waals surface area contributed by atoms with Crippen LogP contribution in [0.5, 0.6) is 5.75 Å². The van der Waals surface area contributed by atoms with Crippen LogP contribution < -0.4 is 4.74 Å². The number of aliphatic hydroxyl groups is 1. The van der Waals surface area contributed by atoms with Crippen LogP contribution in [0.1, 0.15) is 39.7 Å². The molecule has 1 aromatic rings. The summed E-state index contributed by atoms with van der Waals surface area (Å²) in [5.41, 5.74) is -1.64. The standard InChI is InChI=1S/C16H24O4/c1-6-16(18,15(3,4)14(17)20-7-2)12-8-10-13(19-5)11-9-12/h8-11,18H,6-7H2,1-5H3. The molecule has 0 aliphatic rings. The van der Waals surface area contributed by atoms with E-state index in [0.29, 0.717) is 24.3 Å². The van der Waals surface area contributed by atoms with Crippen molar-refractivity contribution in [2.45, 2.75) is 39.7 Å². The van der Waals surface area contributed by atoms with Crippen molar-refractivity contribution < 1.29 is 19.4 Å². The molecule has 0 heterocycles. The van der Waals surface area contributed by atoms with E-state index >= 15 is 0 Å². The minimum absolute atomic E-state index is 0.296. The first-order valence-electron chi connectivity index (χ1n) is 6.87. The lowest BCUT2D eigenvalue weighted by Gasteiger charge is -2.40. The van der Waals surface area contributed by atoms with Gasteiger partial charge in [0.2, 0.25) is 0 Å². The molecule has 0 aliphatic carbocycles. The minimum atomic E-state index is -1.29. The topological polar surface area (TPSA) is 55.8 Å². The van der Waals surface area contributed by atoms with Gasteiger partial charge < -0.3 is 14.6 Å². The summed E-state index contributed by atoms with van der Waals surface area (Å²) in [4.78, 5) is 12.2. The lowest BCUT2D eigenvalue weighted by Crippen LogP contribution is -2.47. The molecule has 4 heteroatoms. The Balaban J connectivity index is 3.20. The van der Waals surface area contributed by atoms with Crippen LogP contribution >= 0.6 is 0 Å². The van der Waals surface area contributed by atoms with E-state index in [1.807, 2.05) is 6.92 Å². The van der Waals surface area contributed by atoms with E-state index in [1.165, 1.54) is 0 Å². The highest BCUT2D eigenvalue weighted by Crippen LogP contribution is 2.43. The van der Waals surface area contributed by atoms with Gasteiger partial charge in [-0.2, -0.15) is 0 Å². The Hall–Kier alpha value is -1.55. The second kappa shape index (κ2) is 6.27. The zero-order chi connectivity index (χ0) is 15.4. The normalized spacial score (nSPS) is 14.5. The van der Waals surface area contributed by atoms with Crippen molar-refractivity contribution in [3.8, 4) is 5.75 Å². The van der Waals surface area contributed by atoms with Gasteiger partial charge in [0, 0.05) is 0 Å². The molecule has 20 heavy (non-hydrogen) atoms. The average molecular weight is 280 g/mol. The van der Waals surface area contributed by atoms with Gasteiger partial charge in [-0.3, -0.25) is 4.79 Å². The smallest absolute Gasteiger partial charge is 0.314 e. The Kier molecular flexibility index (Phi) is 5.17. The molecule has 1 aromatic carbocycles. The Bertz CT molecular complexity index is 450. The molecule has 1 unspecified atom stereocenters. The van der Waals surface area contributed by atoms with Crippen LogP contribution in [-0.4, -0.2) is 24.8 Å². The van der Waals surface area contributed by atoms with E-state index < -0.39 is 17.0 Å². The molecular weight excluding hydrogens is 256 g/mol. The molecule has 0 fully saturated rings. The van der Waals surface area contributed by atoms with Gasteiger partial charge in [-0.1, -0.05) is 19.1 Å². The third kappa shape index (κ3) is 2.80. The van der Waals surface area contributed by atoms with E-state index in [1.54, 1.807) is 52.1 Å². The SMILES string of the molecule is CCOC(=O)C(C)(C)C(O)(CC)c1ccc(OC)cc1. The van der Waals surface area contributed by atoms with E-state index in [0.717, 1.165) is 0 Å². The summed E-state index contributed by atoms with van der Waals surface area (Å²) in [5.74, 6) is 0.307. The fourth-order valence-electron chi connectivity index (χ4n) is 2.35. The molecule has 0 aromatic heterocycles.